The third-order valence-electron chi connectivity index (χ3n) is 2.72. The molecule has 0 aromatic carbocycles. The topological polar surface area (TPSA) is 24.1 Å². The molecule has 0 aromatic heterocycles. The molecule has 0 radical (unpaired) electrons. The van der Waals surface area contributed by atoms with Gasteiger partial charge in [0, 0.05) is 19.1 Å². The molecule has 2 unspecified atom stereocenters. The summed E-state index contributed by atoms with van der Waals surface area (Å²) in [6, 6.07) is 0.850. The van der Waals surface area contributed by atoms with E-state index in [1.807, 2.05) is 0 Å². The van der Waals surface area contributed by atoms with Gasteiger partial charge in [-0.05, 0) is 31.7 Å². The highest BCUT2D eigenvalue weighted by atomic mass is 15.0. The number of rotatable bonds is 8. The minimum atomic E-state index is 0.850. The van der Waals surface area contributed by atoms with Crippen LogP contribution in [0.4, 0.5) is 0 Å². The summed E-state index contributed by atoms with van der Waals surface area (Å²) in [7, 11) is 0. The molecule has 0 bridgehead atoms. The second-order valence-electron chi connectivity index (χ2n) is 4.10. The maximum Gasteiger partial charge on any atom is 0.00996 e. The maximum absolute atomic E-state index is 3.59. The van der Waals surface area contributed by atoms with Gasteiger partial charge in [0.05, 0.1) is 0 Å². The second-order valence-corrected chi connectivity index (χ2v) is 4.10. The Labute approximate surface area is 82.5 Å². The Kier molecular flexibility index (Phi) is 5.40. The molecule has 78 valence electrons. The van der Waals surface area contributed by atoms with Crippen molar-refractivity contribution in [3.63, 3.8) is 0 Å². The summed E-state index contributed by atoms with van der Waals surface area (Å²) in [5.41, 5.74) is 0. The predicted octanol–water partition coefficient (Wildman–Crippen LogP) is 1.76. The maximum atomic E-state index is 3.59. The van der Waals surface area contributed by atoms with Crippen molar-refractivity contribution in [3.05, 3.63) is 0 Å². The normalized spacial score (nSPS) is 26.3. The van der Waals surface area contributed by atoms with Crippen LogP contribution >= 0.6 is 0 Å². The minimum absolute atomic E-state index is 0.850. The Morgan fingerprint density at radius 2 is 1.92 bits per heavy atom. The quantitative estimate of drug-likeness (QED) is 0.562. The number of nitrogens with one attached hydrogen (secondary N) is 2. The van der Waals surface area contributed by atoms with Gasteiger partial charge in [-0.25, -0.2) is 0 Å². The van der Waals surface area contributed by atoms with E-state index in [-0.39, 0.29) is 0 Å². The lowest BCUT2D eigenvalue weighted by Gasteiger charge is -2.04. The highest BCUT2D eigenvalue weighted by Crippen LogP contribution is 2.34. The van der Waals surface area contributed by atoms with Crippen LogP contribution in [0.5, 0.6) is 0 Å². The smallest absolute Gasteiger partial charge is 0.00996 e. The summed E-state index contributed by atoms with van der Waals surface area (Å²) in [5, 5.41) is 6.99. The fraction of sp³-hybridized carbons (Fsp3) is 1.00. The molecule has 0 aromatic rings. The molecule has 2 N–H and O–H groups in total. The molecular formula is C11H24N2. The first kappa shape index (κ1) is 11.0. The van der Waals surface area contributed by atoms with Crippen molar-refractivity contribution < 1.29 is 0 Å². The van der Waals surface area contributed by atoms with E-state index >= 15 is 0 Å². The molecule has 0 heterocycles. The van der Waals surface area contributed by atoms with Gasteiger partial charge in [0.1, 0.15) is 0 Å². The largest absolute Gasteiger partial charge is 0.315 e. The van der Waals surface area contributed by atoms with E-state index in [0.717, 1.165) is 31.6 Å². The molecule has 1 aliphatic rings. The molecule has 0 aliphatic heterocycles. The fourth-order valence-electron chi connectivity index (χ4n) is 1.84. The molecule has 0 saturated heterocycles. The van der Waals surface area contributed by atoms with Crippen LogP contribution in [0.1, 0.15) is 39.5 Å². The van der Waals surface area contributed by atoms with Crippen LogP contribution in [-0.2, 0) is 0 Å². The average molecular weight is 184 g/mol. The van der Waals surface area contributed by atoms with Crippen LogP contribution in [0.15, 0.2) is 0 Å². The summed E-state index contributed by atoms with van der Waals surface area (Å²) in [4.78, 5) is 0. The molecule has 1 rings (SSSR count). The monoisotopic (exact) mass is 184 g/mol. The van der Waals surface area contributed by atoms with Crippen molar-refractivity contribution in [3.8, 4) is 0 Å². The van der Waals surface area contributed by atoms with E-state index in [4.69, 9.17) is 0 Å². The minimum Gasteiger partial charge on any atom is -0.315 e. The first-order valence-electron chi connectivity index (χ1n) is 5.82. The summed E-state index contributed by atoms with van der Waals surface area (Å²) < 4.78 is 0. The van der Waals surface area contributed by atoms with Crippen LogP contribution in [-0.4, -0.2) is 25.7 Å². The number of hydrogen-bond donors (Lipinski definition) is 2. The van der Waals surface area contributed by atoms with Crippen molar-refractivity contribution in [2.45, 2.75) is 45.6 Å². The van der Waals surface area contributed by atoms with Gasteiger partial charge >= 0.3 is 0 Å². The van der Waals surface area contributed by atoms with Gasteiger partial charge in [-0.15, -0.1) is 0 Å². The average Bonchev–Trinajstić information content (AvgIpc) is 2.84. The summed E-state index contributed by atoms with van der Waals surface area (Å²) in [6.07, 6.45) is 5.42. The molecule has 1 aliphatic carbocycles. The number of hydrogen-bond acceptors (Lipinski definition) is 2. The highest BCUT2D eigenvalue weighted by molar-refractivity contribution is 4.92. The van der Waals surface area contributed by atoms with E-state index in [0.29, 0.717) is 0 Å². The first-order valence-corrected chi connectivity index (χ1v) is 5.82. The molecule has 2 nitrogen and oxygen atoms in total. The first-order chi connectivity index (χ1) is 6.38. The van der Waals surface area contributed by atoms with Gasteiger partial charge in [-0.3, -0.25) is 0 Å². The molecule has 2 atom stereocenters. The SMILES string of the molecule is CCCNCCNC1CC1CCC. The van der Waals surface area contributed by atoms with E-state index in [9.17, 15) is 0 Å². The van der Waals surface area contributed by atoms with Gasteiger partial charge in [-0.2, -0.15) is 0 Å². The predicted molar refractivity (Wildman–Crippen MR) is 58.0 cm³/mol. The van der Waals surface area contributed by atoms with Crippen molar-refractivity contribution in [1.82, 2.24) is 10.6 Å². The summed E-state index contributed by atoms with van der Waals surface area (Å²) >= 11 is 0. The zero-order chi connectivity index (χ0) is 9.52. The van der Waals surface area contributed by atoms with Crippen LogP contribution in [0, 0.1) is 5.92 Å². The van der Waals surface area contributed by atoms with Gasteiger partial charge < -0.3 is 10.6 Å². The molecule has 2 heteroatoms. The lowest BCUT2D eigenvalue weighted by molar-refractivity contribution is 0.569. The van der Waals surface area contributed by atoms with Gasteiger partial charge in [0.15, 0.2) is 0 Å². The molecular weight excluding hydrogens is 160 g/mol. The lowest BCUT2D eigenvalue weighted by Crippen LogP contribution is -2.29. The molecule has 13 heavy (non-hydrogen) atoms. The van der Waals surface area contributed by atoms with E-state index in [1.54, 1.807) is 0 Å². The Morgan fingerprint density at radius 1 is 1.08 bits per heavy atom. The van der Waals surface area contributed by atoms with Gasteiger partial charge in [-0.1, -0.05) is 20.3 Å². The van der Waals surface area contributed by atoms with Gasteiger partial charge in [0.2, 0.25) is 0 Å². The van der Waals surface area contributed by atoms with E-state index in [1.165, 1.54) is 25.7 Å². The highest BCUT2D eigenvalue weighted by Gasteiger charge is 2.34. The zero-order valence-corrected chi connectivity index (χ0v) is 9.10. The van der Waals surface area contributed by atoms with Crippen molar-refractivity contribution in [2.75, 3.05) is 19.6 Å². The third-order valence-corrected chi connectivity index (χ3v) is 2.72. The van der Waals surface area contributed by atoms with Crippen LogP contribution in [0.2, 0.25) is 0 Å². The fourth-order valence-corrected chi connectivity index (χ4v) is 1.84. The Bertz CT molecular complexity index is 125. The lowest BCUT2D eigenvalue weighted by atomic mass is 10.2. The summed E-state index contributed by atoms with van der Waals surface area (Å²) in [6.45, 7) is 7.91. The van der Waals surface area contributed by atoms with Crippen LogP contribution in [0.25, 0.3) is 0 Å². The molecule has 0 spiro atoms. The van der Waals surface area contributed by atoms with Crippen LogP contribution < -0.4 is 10.6 Å². The summed E-state index contributed by atoms with van der Waals surface area (Å²) in [5.74, 6) is 0.996. The zero-order valence-electron chi connectivity index (χ0n) is 9.10. The van der Waals surface area contributed by atoms with Crippen LogP contribution in [0.3, 0.4) is 0 Å². The van der Waals surface area contributed by atoms with Crippen molar-refractivity contribution in [1.29, 1.82) is 0 Å². The standard InChI is InChI=1S/C11H24N2/c1-3-5-10-9-11(10)13-8-7-12-6-4-2/h10-13H,3-9H2,1-2H3. The second kappa shape index (κ2) is 6.39. The van der Waals surface area contributed by atoms with E-state index < -0.39 is 0 Å². The third kappa shape index (κ3) is 4.63. The molecule has 1 saturated carbocycles. The molecule has 0 amide bonds. The van der Waals surface area contributed by atoms with Crippen molar-refractivity contribution >= 4 is 0 Å². The van der Waals surface area contributed by atoms with Gasteiger partial charge in [0.25, 0.3) is 0 Å². The van der Waals surface area contributed by atoms with E-state index in [2.05, 4.69) is 24.5 Å². The Morgan fingerprint density at radius 3 is 2.62 bits per heavy atom. The Balaban J connectivity index is 1.80. The van der Waals surface area contributed by atoms with Crippen molar-refractivity contribution in [2.24, 2.45) is 5.92 Å². The Hall–Kier alpha value is -0.0800. The molecule has 1 fully saturated rings.